The first-order chi connectivity index (χ1) is 11.3. The summed E-state index contributed by atoms with van der Waals surface area (Å²) in [5.41, 5.74) is 1.35. The Morgan fingerprint density at radius 2 is 1.83 bits per heavy atom. The number of hydrazone groups is 1. The molecule has 0 spiro atoms. The van der Waals surface area contributed by atoms with Crippen molar-refractivity contribution in [1.29, 1.82) is 0 Å². The third kappa shape index (κ3) is 4.38. The van der Waals surface area contributed by atoms with Gasteiger partial charge >= 0.3 is 6.18 Å². The fourth-order valence-electron chi connectivity index (χ4n) is 1.75. The topological polar surface area (TPSA) is 84.6 Å². The van der Waals surface area contributed by atoms with Gasteiger partial charge in [0.05, 0.1) is 16.7 Å². The molecule has 2 aromatic carbocycles. The van der Waals surface area contributed by atoms with Crippen molar-refractivity contribution in [3.8, 4) is 0 Å². The van der Waals surface area contributed by atoms with Crippen LogP contribution in [0.25, 0.3) is 0 Å². The molecule has 0 radical (unpaired) electrons. The zero-order valence-corrected chi connectivity index (χ0v) is 11.9. The number of carbonyl (C=O) groups excluding carboxylic acids is 1. The first-order valence-corrected chi connectivity index (χ1v) is 6.52. The van der Waals surface area contributed by atoms with E-state index in [4.69, 9.17) is 0 Å². The van der Waals surface area contributed by atoms with Gasteiger partial charge in [0.2, 0.25) is 0 Å². The minimum absolute atomic E-state index is 0.0971. The second-order valence-electron chi connectivity index (χ2n) is 4.63. The van der Waals surface area contributed by atoms with Crippen LogP contribution in [-0.4, -0.2) is 17.0 Å². The predicted molar refractivity (Wildman–Crippen MR) is 79.6 cm³/mol. The van der Waals surface area contributed by atoms with Gasteiger partial charge in [-0.25, -0.2) is 5.43 Å². The number of rotatable bonds is 4. The van der Waals surface area contributed by atoms with Gasteiger partial charge in [-0.15, -0.1) is 0 Å². The maximum atomic E-state index is 12.6. The quantitative estimate of drug-likeness (QED) is 0.527. The van der Waals surface area contributed by atoms with Gasteiger partial charge in [-0.1, -0.05) is 6.07 Å². The van der Waals surface area contributed by atoms with Crippen molar-refractivity contribution in [3.63, 3.8) is 0 Å². The number of benzene rings is 2. The summed E-state index contributed by atoms with van der Waals surface area (Å²) in [5.74, 6) is -0.806. The molecule has 6 nitrogen and oxygen atoms in total. The van der Waals surface area contributed by atoms with E-state index in [-0.39, 0.29) is 11.3 Å². The van der Waals surface area contributed by atoms with Gasteiger partial charge in [0, 0.05) is 17.7 Å². The second-order valence-corrected chi connectivity index (χ2v) is 4.63. The van der Waals surface area contributed by atoms with Crippen molar-refractivity contribution in [2.24, 2.45) is 5.10 Å². The van der Waals surface area contributed by atoms with E-state index in [0.29, 0.717) is 5.56 Å². The number of hydrogen-bond acceptors (Lipinski definition) is 4. The monoisotopic (exact) mass is 337 g/mol. The van der Waals surface area contributed by atoms with Crippen LogP contribution in [-0.2, 0) is 6.18 Å². The Morgan fingerprint density at radius 1 is 1.17 bits per heavy atom. The maximum Gasteiger partial charge on any atom is 0.416 e. The Hall–Kier alpha value is -3.23. The highest BCUT2D eigenvalue weighted by Gasteiger charge is 2.30. The van der Waals surface area contributed by atoms with E-state index in [2.05, 4.69) is 10.5 Å². The van der Waals surface area contributed by atoms with Crippen LogP contribution in [0.5, 0.6) is 0 Å². The summed E-state index contributed by atoms with van der Waals surface area (Å²) in [4.78, 5) is 21.7. The lowest BCUT2D eigenvalue weighted by molar-refractivity contribution is -0.384. The van der Waals surface area contributed by atoms with Crippen molar-refractivity contribution in [1.82, 2.24) is 5.43 Å². The number of carbonyl (C=O) groups is 1. The van der Waals surface area contributed by atoms with E-state index in [9.17, 15) is 28.1 Å². The molecule has 0 aliphatic carbocycles. The fraction of sp³-hybridized carbons (Fsp3) is 0.0667. The maximum absolute atomic E-state index is 12.6. The largest absolute Gasteiger partial charge is 0.416 e. The highest BCUT2D eigenvalue weighted by atomic mass is 19.4. The summed E-state index contributed by atoms with van der Waals surface area (Å²) in [6.45, 7) is 0. The predicted octanol–water partition coefficient (Wildman–Crippen LogP) is 3.38. The average molecular weight is 337 g/mol. The second kappa shape index (κ2) is 6.90. The lowest BCUT2D eigenvalue weighted by Crippen LogP contribution is -2.18. The lowest BCUT2D eigenvalue weighted by atomic mass is 10.1. The van der Waals surface area contributed by atoms with Crippen molar-refractivity contribution >= 4 is 17.8 Å². The van der Waals surface area contributed by atoms with Gasteiger partial charge in [-0.3, -0.25) is 14.9 Å². The van der Waals surface area contributed by atoms with Crippen molar-refractivity contribution < 1.29 is 22.9 Å². The number of nitrogens with one attached hydrogen (secondary N) is 1. The van der Waals surface area contributed by atoms with Crippen LogP contribution >= 0.6 is 0 Å². The van der Waals surface area contributed by atoms with Crippen LogP contribution in [0.15, 0.2) is 53.6 Å². The molecule has 0 heterocycles. The molecule has 2 rings (SSSR count). The summed E-state index contributed by atoms with van der Waals surface area (Å²) in [6, 6.07) is 9.28. The molecule has 0 aliphatic heterocycles. The van der Waals surface area contributed by atoms with Gasteiger partial charge in [0.15, 0.2) is 0 Å². The number of nitrogens with zero attached hydrogens (tertiary/aromatic N) is 2. The minimum Gasteiger partial charge on any atom is -0.267 e. The molecule has 0 fully saturated rings. The Morgan fingerprint density at radius 3 is 2.42 bits per heavy atom. The molecule has 0 aromatic heterocycles. The molecule has 0 atom stereocenters. The van der Waals surface area contributed by atoms with Crippen LogP contribution < -0.4 is 5.43 Å². The molecular formula is C15H10F3N3O3. The highest BCUT2D eigenvalue weighted by molar-refractivity contribution is 5.95. The summed E-state index contributed by atoms with van der Waals surface area (Å²) >= 11 is 0. The molecule has 2 aromatic rings. The van der Waals surface area contributed by atoms with E-state index < -0.39 is 22.6 Å². The van der Waals surface area contributed by atoms with Crippen molar-refractivity contribution in [2.75, 3.05) is 0 Å². The summed E-state index contributed by atoms with van der Waals surface area (Å²) in [7, 11) is 0. The molecule has 9 heteroatoms. The van der Waals surface area contributed by atoms with Gasteiger partial charge in [0.1, 0.15) is 0 Å². The molecule has 0 aliphatic rings. The zero-order valence-electron chi connectivity index (χ0n) is 11.9. The number of nitro benzene ring substituents is 1. The van der Waals surface area contributed by atoms with Gasteiger partial charge < -0.3 is 0 Å². The van der Waals surface area contributed by atoms with Crippen LogP contribution in [0.1, 0.15) is 21.5 Å². The number of alkyl halides is 3. The molecule has 24 heavy (non-hydrogen) atoms. The van der Waals surface area contributed by atoms with Crippen LogP contribution in [0.4, 0.5) is 18.9 Å². The lowest BCUT2D eigenvalue weighted by Gasteiger charge is -2.07. The molecule has 0 unspecified atom stereocenters. The van der Waals surface area contributed by atoms with E-state index in [1.807, 2.05) is 0 Å². The first-order valence-electron chi connectivity index (χ1n) is 6.52. The Balaban J connectivity index is 2.04. The van der Waals surface area contributed by atoms with Gasteiger partial charge in [-0.05, 0) is 35.9 Å². The van der Waals surface area contributed by atoms with Gasteiger partial charge in [-0.2, -0.15) is 18.3 Å². The van der Waals surface area contributed by atoms with Gasteiger partial charge in [0.25, 0.3) is 11.6 Å². The van der Waals surface area contributed by atoms with E-state index in [1.54, 1.807) is 0 Å². The first kappa shape index (κ1) is 17.1. The molecule has 1 amide bonds. The number of hydrogen-bond donors (Lipinski definition) is 1. The Labute approximate surface area is 133 Å². The average Bonchev–Trinajstić information content (AvgIpc) is 2.54. The van der Waals surface area contributed by atoms with E-state index in [1.165, 1.54) is 36.5 Å². The highest BCUT2D eigenvalue weighted by Crippen LogP contribution is 2.29. The SMILES string of the molecule is O=C(N/N=C\c1ccc([N+](=O)[O-])cc1)c1cccc(C(F)(F)F)c1. The normalized spacial score (nSPS) is 11.5. The van der Waals surface area contributed by atoms with Crippen LogP contribution in [0.3, 0.4) is 0 Å². The van der Waals surface area contributed by atoms with Crippen molar-refractivity contribution in [2.45, 2.75) is 6.18 Å². The number of amides is 1. The number of non-ortho nitro benzene ring substituents is 1. The molecule has 0 saturated heterocycles. The summed E-state index contributed by atoms with van der Waals surface area (Å²) < 4.78 is 37.8. The Kier molecular flexibility index (Phi) is 4.93. The standard InChI is InChI=1S/C15H10F3N3O3/c16-15(17,18)12-3-1-2-11(8-12)14(22)20-19-9-10-4-6-13(7-5-10)21(23)24/h1-9H,(H,20,22)/b19-9-. The third-order valence-electron chi connectivity index (χ3n) is 2.94. The molecule has 0 saturated carbocycles. The minimum atomic E-state index is -4.54. The van der Waals surface area contributed by atoms with Crippen LogP contribution in [0.2, 0.25) is 0 Å². The molecular weight excluding hydrogens is 327 g/mol. The summed E-state index contributed by atoms with van der Waals surface area (Å²) in [5, 5.41) is 14.1. The fourth-order valence-corrected chi connectivity index (χ4v) is 1.75. The smallest absolute Gasteiger partial charge is 0.267 e. The zero-order chi connectivity index (χ0) is 17.7. The Bertz CT molecular complexity index is 787. The molecule has 0 bridgehead atoms. The van der Waals surface area contributed by atoms with Crippen LogP contribution in [0, 0.1) is 10.1 Å². The van der Waals surface area contributed by atoms with E-state index >= 15 is 0 Å². The molecule has 1 N–H and O–H groups in total. The van der Waals surface area contributed by atoms with Crippen molar-refractivity contribution in [3.05, 3.63) is 75.3 Å². The third-order valence-corrected chi connectivity index (χ3v) is 2.94. The number of nitro groups is 1. The number of halogens is 3. The van der Waals surface area contributed by atoms with E-state index in [0.717, 1.165) is 18.2 Å². The molecule has 124 valence electrons. The summed E-state index contributed by atoms with van der Waals surface area (Å²) in [6.07, 6.45) is -3.33.